The van der Waals surface area contributed by atoms with Gasteiger partial charge in [-0.15, -0.1) is 0 Å². The van der Waals surface area contributed by atoms with Crippen LogP contribution in [-0.4, -0.2) is 18.1 Å². The molecule has 1 fully saturated rings. The summed E-state index contributed by atoms with van der Waals surface area (Å²) in [5.41, 5.74) is 5.11. The number of fused-ring (bicyclic) bond motifs is 1. The van der Waals surface area contributed by atoms with Gasteiger partial charge in [0.2, 0.25) is 0 Å². The summed E-state index contributed by atoms with van der Waals surface area (Å²) >= 11 is 0. The maximum absolute atomic E-state index is 12.3. The SMILES string of the molecule is Cc1ccc2[nH]c(=O)c(CNc3ccc(N4CCC[C@H](C)C4)cc3)cc2c1. The molecular weight excluding hydrogens is 334 g/mol. The second-order valence-electron chi connectivity index (χ2n) is 7.81. The van der Waals surface area contributed by atoms with Crippen molar-refractivity contribution in [2.24, 2.45) is 5.92 Å². The van der Waals surface area contributed by atoms with Crippen molar-refractivity contribution < 1.29 is 0 Å². The van der Waals surface area contributed by atoms with Gasteiger partial charge in [0.25, 0.3) is 5.56 Å². The van der Waals surface area contributed by atoms with E-state index in [0.717, 1.165) is 41.2 Å². The van der Waals surface area contributed by atoms with Crippen molar-refractivity contribution in [2.45, 2.75) is 33.2 Å². The van der Waals surface area contributed by atoms with Gasteiger partial charge in [0.05, 0.1) is 0 Å². The average molecular weight is 361 g/mol. The number of rotatable bonds is 4. The monoisotopic (exact) mass is 361 g/mol. The van der Waals surface area contributed by atoms with Crippen LogP contribution in [0.15, 0.2) is 53.3 Å². The molecule has 0 spiro atoms. The largest absolute Gasteiger partial charge is 0.381 e. The topological polar surface area (TPSA) is 48.1 Å². The zero-order chi connectivity index (χ0) is 18.8. The van der Waals surface area contributed by atoms with E-state index in [1.54, 1.807) is 0 Å². The van der Waals surface area contributed by atoms with Gasteiger partial charge in [-0.1, -0.05) is 18.6 Å². The van der Waals surface area contributed by atoms with E-state index < -0.39 is 0 Å². The Morgan fingerprint density at radius 3 is 2.74 bits per heavy atom. The first-order chi connectivity index (χ1) is 13.1. The molecule has 1 aliphatic rings. The van der Waals surface area contributed by atoms with Crippen molar-refractivity contribution in [2.75, 3.05) is 23.3 Å². The first-order valence-electron chi connectivity index (χ1n) is 9.80. The lowest BCUT2D eigenvalue weighted by Gasteiger charge is -2.32. The van der Waals surface area contributed by atoms with E-state index in [1.165, 1.54) is 24.1 Å². The van der Waals surface area contributed by atoms with Crippen molar-refractivity contribution in [1.82, 2.24) is 4.98 Å². The third-order valence-electron chi connectivity index (χ3n) is 5.45. The van der Waals surface area contributed by atoms with Gasteiger partial charge >= 0.3 is 0 Å². The number of nitrogens with one attached hydrogen (secondary N) is 2. The van der Waals surface area contributed by atoms with Crippen LogP contribution in [-0.2, 0) is 6.54 Å². The lowest BCUT2D eigenvalue weighted by atomic mass is 10.00. The molecule has 0 aliphatic carbocycles. The molecule has 4 heteroatoms. The third-order valence-corrected chi connectivity index (χ3v) is 5.45. The van der Waals surface area contributed by atoms with Crippen LogP contribution in [0.5, 0.6) is 0 Å². The van der Waals surface area contributed by atoms with Crippen LogP contribution in [0.25, 0.3) is 10.9 Å². The normalized spacial score (nSPS) is 17.3. The van der Waals surface area contributed by atoms with Gasteiger partial charge in [-0.2, -0.15) is 0 Å². The molecule has 27 heavy (non-hydrogen) atoms. The van der Waals surface area contributed by atoms with Gasteiger partial charge in [-0.05, 0) is 73.5 Å². The number of pyridine rings is 1. The molecule has 0 bridgehead atoms. The Bertz CT molecular complexity index is 991. The van der Waals surface area contributed by atoms with E-state index in [-0.39, 0.29) is 5.56 Å². The summed E-state index contributed by atoms with van der Waals surface area (Å²) in [4.78, 5) is 17.8. The number of piperidine rings is 1. The number of hydrogen-bond acceptors (Lipinski definition) is 3. The van der Waals surface area contributed by atoms with Crippen molar-refractivity contribution in [3.63, 3.8) is 0 Å². The summed E-state index contributed by atoms with van der Waals surface area (Å²) in [7, 11) is 0. The number of H-pyrrole nitrogens is 1. The lowest BCUT2D eigenvalue weighted by molar-refractivity contribution is 0.447. The Hall–Kier alpha value is -2.75. The number of benzene rings is 2. The van der Waals surface area contributed by atoms with Crippen LogP contribution >= 0.6 is 0 Å². The first kappa shape index (κ1) is 17.7. The quantitative estimate of drug-likeness (QED) is 0.709. The molecule has 2 N–H and O–H groups in total. The fourth-order valence-electron chi connectivity index (χ4n) is 3.91. The van der Waals surface area contributed by atoms with Crippen LogP contribution in [0.4, 0.5) is 11.4 Å². The predicted octanol–water partition coefficient (Wildman–Crippen LogP) is 4.68. The predicted molar refractivity (Wildman–Crippen MR) is 114 cm³/mol. The highest BCUT2D eigenvalue weighted by Gasteiger charge is 2.16. The second kappa shape index (κ2) is 7.47. The molecule has 4 nitrogen and oxygen atoms in total. The molecule has 1 saturated heterocycles. The van der Waals surface area contributed by atoms with Crippen LogP contribution in [0, 0.1) is 12.8 Å². The highest BCUT2D eigenvalue weighted by atomic mass is 16.1. The first-order valence-corrected chi connectivity index (χ1v) is 9.80. The van der Waals surface area contributed by atoms with Gasteiger partial charge in [0.15, 0.2) is 0 Å². The second-order valence-corrected chi connectivity index (χ2v) is 7.81. The van der Waals surface area contributed by atoms with Crippen LogP contribution in [0.3, 0.4) is 0 Å². The smallest absolute Gasteiger partial charge is 0.253 e. The summed E-state index contributed by atoms with van der Waals surface area (Å²) in [6.45, 7) is 7.18. The summed E-state index contributed by atoms with van der Waals surface area (Å²) in [5, 5.41) is 4.45. The molecule has 0 amide bonds. The Kier molecular flexibility index (Phi) is 4.88. The van der Waals surface area contributed by atoms with Crippen molar-refractivity contribution in [3.05, 3.63) is 70.0 Å². The molecule has 1 atom stereocenters. The van der Waals surface area contributed by atoms with Crippen LogP contribution < -0.4 is 15.8 Å². The minimum Gasteiger partial charge on any atom is -0.381 e. The highest BCUT2D eigenvalue weighted by Crippen LogP contribution is 2.24. The highest BCUT2D eigenvalue weighted by molar-refractivity contribution is 5.79. The van der Waals surface area contributed by atoms with Crippen molar-refractivity contribution >= 4 is 22.3 Å². The van der Waals surface area contributed by atoms with E-state index >= 15 is 0 Å². The van der Waals surface area contributed by atoms with Gasteiger partial charge in [-0.3, -0.25) is 4.79 Å². The summed E-state index contributed by atoms with van der Waals surface area (Å²) in [5.74, 6) is 0.764. The fourth-order valence-corrected chi connectivity index (χ4v) is 3.91. The summed E-state index contributed by atoms with van der Waals surface area (Å²) in [6, 6.07) is 16.6. The Morgan fingerprint density at radius 2 is 1.96 bits per heavy atom. The van der Waals surface area contributed by atoms with E-state index in [9.17, 15) is 4.79 Å². The third kappa shape index (κ3) is 4.00. The van der Waals surface area contributed by atoms with Gasteiger partial charge < -0.3 is 15.2 Å². The number of aryl methyl sites for hydroxylation is 1. The molecule has 0 saturated carbocycles. The van der Waals surface area contributed by atoms with E-state index in [4.69, 9.17) is 0 Å². The van der Waals surface area contributed by atoms with Crippen LogP contribution in [0.1, 0.15) is 30.9 Å². The van der Waals surface area contributed by atoms with Crippen molar-refractivity contribution in [1.29, 1.82) is 0 Å². The molecular formula is C23H27N3O. The molecule has 2 aromatic carbocycles. The van der Waals surface area contributed by atoms with Gasteiger partial charge in [0.1, 0.15) is 0 Å². The number of nitrogens with zero attached hydrogens (tertiary/aromatic N) is 1. The lowest BCUT2D eigenvalue weighted by Crippen LogP contribution is -2.34. The molecule has 1 aliphatic heterocycles. The average Bonchev–Trinajstić information content (AvgIpc) is 2.67. The number of aromatic amines is 1. The maximum Gasteiger partial charge on any atom is 0.253 e. The maximum atomic E-state index is 12.3. The van der Waals surface area contributed by atoms with Crippen molar-refractivity contribution in [3.8, 4) is 0 Å². The molecule has 1 aromatic heterocycles. The minimum atomic E-state index is -0.0298. The van der Waals surface area contributed by atoms with E-state index in [1.807, 2.05) is 18.2 Å². The Labute approximate surface area is 160 Å². The molecule has 0 radical (unpaired) electrons. The number of hydrogen-bond donors (Lipinski definition) is 2. The van der Waals surface area contributed by atoms with Crippen LogP contribution in [0.2, 0.25) is 0 Å². The standard InChI is InChI=1S/C23H27N3O/c1-16-5-10-22-18(12-16)13-19(23(27)25-22)14-24-20-6-8-21(9-7-20)26-11-3-4-17(2)15-26/h5-10,12-13,17,24H,3-4,11,14-15H2,1-2H3,(H,25,27)/t17-/m0/s1. The summed E-state index contributed by atoms with van der Waals surface area (Å²) < 4.78 is 0. The molecule has 140 valence electrons. The Balaban J connectivity index is 1.46. The minimum absolute atomic E-state index is 0.0298. The van der Waals surface area contributed by atoms with E-state index in [2.05, 4.69) is 59.4 Å². The number of anilines is 2. The number of aromatic nitrogens is 1. The van der Waals surface area contributed by atoms with Gasteiger partial charge in [-0.25, -0.2) is 0 Å². The molecule has 3 aromatic rings. The fraction of sp³-hybridized carbons (Fsp3) is 0.348. The molecule has 4 rings (SSSR count). The molecule has 2 heterocycles. The summed E-state index contributed by atoms with van der Waals surface area (Å²) in [6.07, 6.45) is 2.60. The Morgan fingerprint density at radius 1 is 1.15 bits per heavy atom. The van der Waals surface area contributed by atoms with Gasteiger partial charge in [0, 0.05) is 42.1 Å². The van der Waals surface area contributed by atoms with E-state index in [0.29, 0.717) is 6.54 Å². The zero-order valence-electron chi connectivity index (χ0n) is 16.1. The molecule has 0 unspecified atom stereocenters. The zero-order valence-corrected chi connectivity index (χ0v) is 16.1.